The normalized spacial score (nSPS) is 33.4. The van der Waals surface area contributed by atoms with Crippen LogP contribution in [0.1, 0.15) is 25.7 Å². The minimum absolute atomic E-state index is 0.0738. The monoisotopic (exact) mass is 215 g/mol. The van der Waals surface area contributed by atoms with Crippen LogP contribution in [0.3, 0.4) is 0 Å². The summed E-state index contributed by atoms with van der Waals surface area (Å²) in [6.45, 7) is 1.14. The smallest absolute Gasteiger partial charge is 0.0731 e. The molecule has 1 N–H and O–H groups in total. The van der Waals surface area contributed by atoms with Gasteiger partial charge in [0, 0.05) is 24.1 Å². The van der Waals surface area contributed by atoms with Crippen molar-refractivity contribution in [3.63, 3.8) is 0 Å². The first-order valence-electron chi connectivity index (χ1n) is 5.75. The number of hydrogen-bond donors (Lipinski definition) is 1. The molecule has 82 valence electrons. The lowest BCUT2D eigenvalue weighted by molar-refractivity contribution is 0.0323. The van der Waals surface area contributed by atoms with E-state index in [1.807, 2.05) is 11.8 Å². The van der Waals surface area contributed by atoms with Crippen LogP contribution in [-0.4, -0.2) is 47.3 Å². The quantitative estimate of drug-likeness (QED) is 0.756. The zero-order valence-corrected chi connectivity index (χ0v) is 9.80. The highest BCUT2D eigenvalue weighted by Crippen LogP contribution is 2.31. The van der Waals surface area contributed by atoms with Crippen molar-refractivity contribution >= 4 is 11.8 Å². The second kappa shape index (κ2) is 4.86. The topological polar surface area (TPSA) is 23.5 Å². The van der Waals surface area contributed by atoms with Crippen molar-refractivity contribution in [1.82, 2.24) is 4.90 Å². The van der Waals surface area contributed by atoms with Gasteiger partial charge in [0.05, 0.1) is 6.10 Å². The molecule has 0 aromatic heterocycles. The second-order valence-electron chi connectivity index (χ2n) is 4.66. The molecule has 0 bridgehead atoms. The third-order valence-electron chi connectivity index (χ3n) is 3.72. The number of nitrogens with zero attached hydrogens (tertiary/aromatic N) is 1. The van der Waals surface area contributed by atoms with Gasteiger partial charge in [-0.05, 0) is 25.8 Å². The zero-order valence-electron chi connectivity index (χ0n) is 8.98. The highest BCUT2D eigenvalue weighted by molar-refractivity contribution is 7.99. The van der Waals surface area contributed by atoms with Crippen LogP contribution in [0.15, 0.2) is 0 Å². The van der Waals surface area contributed by atoms with Gasteiger partial charge in [0.1, 0.15) is 0 Å². The summed E-state index contributed by atoms with van der Waals surface area (Å²) >= 11 is 1.99. The van der Waals surface area contributed by atoms with E-state index in [2.05, 4.69) is 11.9 Å². The second-order valence-corrected chi connectivity index (χ2v) is 5.81. The molecule has 1 saturated heterocycles. The summed E-state index contributed by atoms with van der Waals surface area (Å²) in [6.07, 6.45) is 5.07. The number of likely N-dealkylation sites (N-methyl/N-ethyl adjacent to an activating group) is 1. The van der Waals surface area contributed by atoms with Gasteiger partial charge in [-0.15, -0.1) is 0 Å². The lowest BCUT2D eigenvalue weighted by atomic mass is 9.94. The highest BCUT2D eigenvalue weighted by atomic mass is 32.2. The molecular weight excluding hydrogens is 194 g/mol. The molecule has 0 amide bonds. The van der Waals surface area contributed by atoms with E-state index in [0.717, 1.165) is 12.3 Å². The van der Waals surface area contributed by atoms with Gasteiger partial charge in [-0.25, -0.2) is 0 Å². The fourth-order valence-corrected chi connectivity index (χ4v) is 3.95. The van der Waals surface area contributed by atoms with Gasteiger partial charge in [0.15, 0.2) is 0 Å². The van der Waals surface area contributed by atoms with Crippen LogP contribution < -0.4 is 0 Å². The molecule has 0 spiro atoms. The van der Waals surface area contributed by atoms with Gasteiger partial charge >= 0.3 is 0 Å². The predicted molar refractivity (Wildman–Crippen MR) is 61.7 cm³/mol. The standard InChI is InChI=1S/C11H21NOS/c1-12-6-7-14-8-10(12)11(13)9-4-2-3-5-9/h9-11,13H,2-8H2,1H3. The Bertz CT molecular complexity index is 182. The molecule has 2 aliphatic rings. The number of hydrogen-bond acceptors (Lipinski definition) is 3. The van der Waals surface area contributed by atoms with Gasteiger partial charge in [-0.3, -0.25) is 4.90 Å². The van der Waals surface area contributed by atoms with Crippen LogP contribution in [0.4, 0.5) is 0 Å². The molecule has 2 atom stereocenters. The summed E-state index contributed by atoms with van der Waals surface area (Å²) in [5.74, 6) is 2.93. The van der Waals surface area contributed by atoms with Crippen molar-refractivity contribution in [1.29, 1.82) is 0 Å². The van der Waals surface area contributed by atoms with Crippen molar-refractivity contribution in [2.24, 2.45) is 5.92 Å². The summed E-state index contributed by atoms with van der Waals surface area (Å²) in [5.41, 5.74) is 0. The Labute approximate surface area is 91.1 Å². The molecule has 1 saturated carbocycles. The van der Waals surface area contributed by atoms with E-state index in [0.29, 0.717) is 12.0 Å². The number of thioether (sulfide) groups is 1. The Hall–Kier alpha value is 0.270. The van der Waals surface area contributed by atoms with E-state index >= 15 is 0 Å². The van der Waals surface area contributed by atoms with E-state index in [1.165, 1.54) is 31.4 Å². The van der Waals surface area contributed by atoms with Crippen LogP contribution in [0.25, 0.3) is 0 Å². The summed E-state index contributed by atoms with van der Waals surface area (Å²) in [4.78, 5) is 2.35. The lowest BCUT2D eigenvalue weighted by Crippen LogP contribution is -2.49. The van der Waals surface area contributed by atoms with Crippen molar-refractivity contribution < 1.29 is 5.11 Å². The molecule has 1 heterocycles. The first-order valence-corrected chi connectivity index (χ1v) is 6.90. The molecule has 0 aromatic carbocycles. The van der Waals surface area contributed by atoms with E-state index in [4.69, 9.17) is 0 Å². The maximum absolute atomic E-state index is 10.3. The molecule has 2 fully saturated rings. The molecular formula is C11H21NOS. The summed E-state index contributed by atoms with van der Waals surface area (Å²) in [7, 11) is 2.16. The minimum atomic E-state index is -0.0738. The van der Waals surface area contributed by atoms with Crippen molar-refractivity contribution in [3.05, 3.63) is 0 Å². The fraction of sp³-hybridized carbons (Fsp3) is 1.00. The van der Waals surface area contributed by atoms with Crippen LogP contribution in [0, 0.1) is 5.92 Å². The van der Waals surface area contributed by atoms with Gasteiger partial charge in [0.25, 0.3) is 0 Å². The van der Waals surface area contributed by atoms with Crippen molar-refractivity contribution in [2.75, 3.05) is 25.1 Å². The van der Waals surface area contributed by atoms with Crippen LogP contribution in [0.2, 0.25) is 0 Å². The predicted octanol–water partition coefficient (Wildman–Crippen LogP) is 1.58. The molecule has 0 radical (unpaired) electrons. The minimum Gasteiger partial charge on any atom is -0.391 e. The maximum atomic E-state index is 10.3. The Morgan fingerprint density at radius 1 is 1.36 bits per heavy atom. The largest absolute Gasteiger partial charge is 0.391 e. The summed E-state index contributed by atoms with van der Waals surface area (Å²) < 4.78 is 0. The van der Waals surface area contributed by atoms with Crippen molar-refractivity contribution in [3.8, 4) is 0 Å². The molecule has 1 aliphatic carbocycles. The van der Waals surface area contributed by atoms with E-state index in [9.17, 15) is 5.11 Å². The van der Waals surface area contributed by atoms with Crippen LogP contribution in [0.5, 0.6) is 0 Å². The molecule has 3 heteroatoms. The lowest BCUT2D eigenvalue weighted by Gasteiger charge is -2.37. The first kappa shape index (κ1) is 10.8. The average molecular weight is 215 g/mol. The Morgan fingerprint density at radius 2 is 2.07 bits per heavy atom. The van der Waals surface area contributed by atoms with Crippen LogP contribution >= 0.6 is 11.8 Å². The van der Waals surface area contributed by atoms with Gasteiger partial charge in [-0.2, -0.15) is 11.8 Å². The van der Waals surface area contributed by atoms with E-state index in [-0.39, 0.29) is 6.10 Å². The van der Waals surface area contributed by atoms with Crippen LogP contribution in [-0.2, 0) is 0 Å². The van der Waals surface area contributed by atoms with E-state index in [1.54, 1.807) is 0 Å². The number of aliphatic hydroxyl groups excluding tert-OH is 1. The van der Waals surface area contributed by atoms with Gasteiger partial charge in [-0.1, -0.05) is 12.8 Å². The molecule has 2 nitrogen and oxygen atoms in total. The number of aliphatic hydroxyl groups is 1. The Balaban J connectivity index is 1.91. The summed E-state index contributed by atoms with van der Waals surface area (Å²) in [6, 6.07) is 0.414. The molecule has 2 rings (SSSR count). The summed E-state index contributed by atoms with van der Waals surface area (Å²) in [5, 5.41) is 10.3. The zero-order chi connectivity index (χ0) is 9.97. The average Bonchev–Trinajstić information content (AvgIpc) is 2.70. The van der Waals surface area contributed by atoms with Crippen molar-refractivity contribution in [2.45, 2.75) is 37.8 Å². The Kier molecular flexibility index (Phi) is 3.74. The van der Waals surface area contributed by atoms with Gasteiger partial charge < -0.3 is 5.11 Å². The van der Waals surface area contributed by atoms with E-state index < -0.39 is 0 Å². The highest BCUT2D eigenvalue weighted by Gasteiger charge is 2.33. The molecule has 2 unspecified atom stereocenters. The fourth-order valence-electron chi connectivity index (χ4n) is 2.68. The third kappa shape index (κ3) is 2.26. The number of rotatable bonds is 2. The molecule has 1 aliphatic heterocycles. The van der Waals surface area contributed by atoms with Gasteiger partial charge in [0.2, 0.25) is 0 Å². The third-order valence-corrected chi connectivity index (χ3v) is 4.77. The Morgan fingerprint density at radius 3 is 2.71 bits per heavy atom. The molecule has 0 aromatic rings. The molecule has 14 heavy (non-hydrogen) atoms. The SMILES string of the molecule is CN1CCSCC1C(O)C1CCCC1. The maximum Gasteiger partial charge on any atom is 0.0731 e. The first-order chi connectivity index (χ1) is 6.79.